The second kappa shape index (κ2) is 6.07. The van der Waals surface area contributed by atoms with E-state index in [1.807, 2.05) is 0 Å². The summed E-state index contributed by atoms with van der Waals surface area (Å²) in [7, 11) is -3.16. The van der Waals surface area contributed by atoms with Crippen LogP contribution in [-0.2, 0) is 14.8 Å². The van der Waals surface area contributed by atoms with Gasteiger partial charge in [0, 0.05) is 18.2 Å². The first-order valence-corrected chi connectivity index (χ1v) is 7.87. The number of sulfonamides is 1. The fourth-order valence-corrected chi connectivity index (χ4v) is 2.89. The van der Waals surface area contributed by atoms with Crippen molar-refractivity contribution >= 4 is 21.6 Å². The number of rotatable bonds is 4. The van der Waals surface area contributed by atoms with Crippen LogP contribution < -0.4 is 10.0 Å². The SMILES string of the molecule is CC(=O)Nc1ccc(C#CCNS(=O)(=O)C2CC2)cc1. The van der Waals surface area contributed by atoms with Crippen molar-refractivity contribution in [3.63, 3.8) is 0 Å². The van der Waals surface area contributed by atoms with E-state index in [0.29, 0.717) is 5.69 Å². The first-order chi connectivity index (χ1) is 9.47. The first-order valence-electron chi connectivity index (χ1n) is 6.32. The lowest BCUT2D eigenvalue weighted by Crippen LogP contribution is -2.27. The van der Waals surface area contributed by atoms with Gasteiger partial charge in [0.15, 0.2) is 0 Å². The van der Waals surface area contributed by atoms with E-state index in [1.165, 1.54) is 6.92 Å². The molecule has 0 saturated heterocycles. The molecule has 1 fully saturated rings. The van der Waals surface area contributed by atoms with E-state index in [0.717, 1.165) is 18.4 Å². The first kappa shape index (κ1) is 14.6. The Morgan fingerprint density at radius 1 is 1.30 bits per heavy atom. The van der Waals surface area contributed by atoms with Gasteiger partial charge in [-0.15, -0.1) is 0 Å². The third-order valence-corrected chi connectivity index (χ3v) is 4.66. The zero-order valence-electron chi connectivity index (χ0n) is 11.1. The van der Waals surface area contributed by atoms with Crippen molar-refractivity contribution in [3.8, 4) is 11.8 Å². The number of carbonyl (C=O) groups is 1. The number of carbonyl (C=O) groups excluding carboxylic acids is 1. The van der Waals surface area contributed by atoms with Crippen molar-refractivity contribution in [2.45, 2.75) is 25.0 Å². The summed E-state index contributed by atoms with van der Waals surface area (Å²) >= 11 is 0. The summed E-state index contributed by atoms with van der Waals surface area (Å²) in [6, 6.07) is 7.04. The van der Waals surface area contributed by atoms with Crippen LogP contribution >= 0.6 is 0 Å². The second-order valence-electron chi connectivity index (χ2n) is 4.63. The van der Waals surface area contributed by atoms with E-state index in [-0.39, 0.29) is 17.7 Å². The molecule has 1 saturated carbocycles. The van der Waals surface area contributed by atoms with Gasteiger partial charge in [-0.2, -0.15) is 0 Å². The molecule has 0 atom stereocenters. The van der Waals surface area contributed by atoms with Gasteiger partial charge in [0.1, 0.15) is 0 Å². The molecule has 5 nitrogen and oxygen atoms in total. The molecule has 2 rings (SSSR count). The van der Waals surface area contributed by atoms with Gasteiger partial charge in [-0.3, -0.25) is 4.79 Å². The Kier molecular flexibility index (Phi) is 4.42. The molecular formula is C14H16N2O3S. The highest BCUT2D eigenvalue weighted by Crippen LogP contribution is 2.27. The van der Waals surface area contributed by atoms with Crippen molar-refractivity contribution in [3.05, 3.63) is 29.8 Å². The van der Waals surface area contributed by atoms with E-state index in [4.69, 9.17) is 0 Å². The molecule has 1 aromatic carbocycles. The van der Waals surface area contributed by atoms with Gasteiger partial charge in [0.25, 0.3) is 0 Å². The van der Waals surface area contributed by atoms with E-state index in [9.17, 15) is 13.2 Å². The third-order valence-electron chi connectivity index (χ3n) is 2.76. The number of anilines is 1. The highest BCUT2D eigenvalue weighted by Gasteiger charge is 2.34. The Balaban J connectivity index is 1.87. The fraction of sp³-hybridized carbons (Fsp3) is 0.357. The van der Waals surface area contributed by atoms with Crippen LogP contribution in [0.1, 0.15) is 25.3 Å². The summed E-state index contributed by atoms with van der Waals surface area (Å²) in [4.78, 5) is 10.9. The van der Waals surface area contributed by atoms with Crippen LogP contribution in [0.25, 0.3) is 0 Å². The number of amides is 1. The molecule has 0 spiro atoms. The summed E-state index contributed by atoms with van der Waals surface area (Å²) in [5, 5.41) is 2.44. The Hall–Kier alpha value is -1.84. The molecule has 0 aliphatic heterocycles. The lowest BCUT2D eigenvalue weighted by Gasteiger charge is -2.01. The Morgan fingerprint density at radius 3 is 2.50 bits per heavy atom. The Bertz CT molecular complexity index is 650. The quantitative estimate of drug-likeness (QED) is 0.815. The van der Waals surface area contributed by atoms with Gasteiger partial charge in [0.05, 0.1) is 11.8 Å². The Morgan fingerprint density at radius 2 is 1.95 bits per heavy atom. The average Bonchev–Trinajstić information content (AvgIpc) is 3.20. The molecule has 0 radical (unpaired) electrons. The number of benzene rings is 1. The van der Waals surface area contributed by atoms with Crippen LogP contribution in [0.4, 0.5) is 5.69 Å². The topological polar surface area (TPSA) is 75.3 Å². The second-order valence-corrected chi connectivity index (χ2v) is 6.67. The normalized spacial score (nSPS) is 14.2. The standard InChI is InChI=1S/C14H16N2O3S/c1-11(17)16-13-6-4-12(5-7-13)3-2-10-15-20(18,19)14-8-9-14/h4-7,14-15H,8-10H2,1H3,(H,16,17). The van der Waals surface area contributed by atoms with E-state index in [2.05, 4.69) is 21.9 Å². The molecular weight excluding hydrogens is 276 g/mol. The molecule has 0 aromatic heterocycles. The van der Waals surface area contributed by atoms with Crippen molar-refractivity contribution in [2.24, 2.45) is 0 Å². The summed E-state index contributed by atoms with van der Waals surface area (Å²) in [6.45, 7) is 1.56. The van der Waals surface area contributed by atoms with Crippen LogP contribution in [0.2, 0.25) is 0 Å². The van der Waals surface area contributed by atoms with Crippen LogP contribution in [0.5, 0.6) is 0 Å². The number of nitrogens with one attached hydrogen (secondary N) is 2. The average molecular weight is 292 g/mol. The van der Waals surface area contributed by atoms with Crippen molar-refractivity contribution in [1.82, 2.24) is 4.72 Å². The van der Waals surface area contributed by atoms with E-state index in [1.54, 1.807) is 24.3 Å². The van der Waals surface area contributed by atoms with Gasteiger partial charge in [-0.25, -0.2) is 13.1 Å². The minimum absolute atomic E-state index is 0.117. The smallest absolute Gasteiger partial charge is 0.221 e. The van der Waals surface area contributed by atoms with Gasteiger partial charge in [-0.05, 0) is 37.1 Å². The lowest BCUT2D eigenvalue weighted by atomic mass is 10.2. The van der Waals surface area contributed by atoms with Gasteiger partial charge < -0.3 is 5.32 Å². The molecule has 2 N–H and O–H groups in total. The monoisotopic (exact) mass is 292 g/mol. The largest absolute Gasteiger partial charge is 0.326 e. The zero-order chi connectivity index (χ0) is 14.6. The Labute approximate surface area is 118 Å². The summed E-state index contributed by atoms with van der Waals surface area (Å²) in [6.07, 6.45) is 1.49. The van der Waals surface area contributed by atoms with Gasteiger partial charge >= 0.3 is 0 Å². The maximum Gasteiger partial charge on any atom is 0.221 e. The molecule has 0 bridgehead atoms. The fourth-order valence-electron chi connectivity index (χ4n) is 1.62. The minimum Gasteiger partial charge on any atom is -0.326 e. The van der Waals surface area contributed by atoms with Crippen LogP contribution in [0.3, 0.4) is 0 Å². The molecule has 106 valence electrons. The van der Waals surface area contributed by atoms with Crippen molar-refractivity contribution in [1.29, 1.82) is 0 Å². The lowest BCUT2D eigenvalue weighted by molar-refractivity contribution is -0.114. The predicted octanol–water partition coefficient (Wildman–Crippen LogP) is 1.08. The van der Waals surface area contributed by atoms with E-state index < -0.39 is 10.0 Å². The number of hydrogen-bond acceptors (Lipinski definition) is 3. The van der Waals surface area contributed by atoms with Crippen molar-refractivity contribution in [2.75, 3.05) is 11.9 Å². The third kappa shape index (κ3) is 4.37. The highest BCUT2D eigenvalue weighted by molar-refractivity contribution is 7.90. The maximum absolute atomic E-state index is 11.5. The zero-order valence-corrected chi connectivity index (χ0v) is 12.0. The summed E-state index contributed by atoms with van der Waals surface area (Å²) in [5.41, 5.74) is 1.47. The minimum atomic E-state index is -3.16. The van der Waals surface area contributed by atoms with Gasteiger partial charge in [-0.1, -0.05) is 11.8 Å². The molecule has 1 aliphatic carbocycles. The maximum atomic E-state index is 11.5. The van der Waals surface area contributed by atoms with Crippen LogP contribution in [-0.4, -0.2) is 26.1 Å². The molecule has 0 heterocycles. The molecule has 1 amide bonds. The van der Waals surface area contributed by atoms with E-state index >= 15 is 0 Å². The van der Waals surface area contributed by atoms with Crippen LogP contribution in [0.15, 0.2) is 24.3 Å². The molecule has 1 aromatic rings. The van der Waals surface area contributed by atoms with Gasteiger partial charge in [0.2, 0.25) is 15.9 Å². The highest BCUT2D eigenvalue weighted by atomic mass is 32.2. The summed E-state index contributed by atoms with van der Waals surface area (Å²) in [5.74, 6) is 5.51. The molecule has 20 heavy (non-hydrogen) atoms. The number of hydrogen-bond donors (Lipinski definition) is 2. The van der Waals surface area contributed by atoms with Crippen LogP contribution in [0, 0.1) is 11.8 Å². The van der Waals surface area contributed by atoms with Crippen molar-refractivity contribution < 1.29 is 13.2 Å². The molecule has 1 aliphatic rings. The predicted molar refractivity (Wildman–Crippen MR) is 77.6 cm³/mol. The molecule has 0 unspecified atom stereocenters. The molecule has 6 heteroatoms. The summed E-state index contributed by atoms with van der Waals surface area (Å²) < 4.78 is 25.5.